The van der Waals surface area contributed by atoms with E-state index in [0.29, 0.717) is 11.4 Å². The SMILES string of the molecule is CCOc1ccc2c(c1)sc(=NC(=O)C(C)C)n2CC(=O)OC. The van der Waals surface area contributed by atoms with Gasteiger partial charge in [0.15, 0.2) is 4.80 Å². The smallest absolute Gasteiger partial charge is 0.325 e. The van der Waals surface area contributed by atoms with Crippen LogP contribution in [0.1, 0.15) is 20.8 Å². The van der Waals surface area contributed by atoms with Crippen molar-refractivity contribution in [2.24, 2.45) is 10.9 Å². The summed E-state index contributed by atoms with van der Waals surface area (Å²) in [6.07, 6.45) is 0. The van der Waals surface area contributed by atoms with Gasteiger partial charge in [0, 0.05) is 5.92 Å². The van der Waals surface area contributed by atoms with Crippen LogP contribution in [0, 0.1) is 5.92 Å². The van der Waals surface area contributed by atoms with E-state index in [4.69, 9.17) is 9.47 Å². The Kier molecular flexibility index (Phi) is 5.54. The van der Waals surface area contributed by atoms with Crippen LogP contribution >= 0.6 is 11.3 Å². The predicted octanol–water partition coefficient (Wildman–Crippen LogP) is 2.36. The van der Waals surface area contributed by atoms with Crippen LogP contribution in [0.25, 0.3) is 10.2 Å². The normalized spacial score (nSPS) is 12.0. The lowest BCUT2D eigenvalue weighted by Gasteiger charge is -2.05. The Morgan fingerprint density at radius 2 is 2.09 bits per heavy atom. The van der Waals surface area contributed by atoms with Gasteiger partial charge in [-0.2, -0.15) is 4.99 Å². The first-order valence-corrected chi connectivity index (χ1v) is 8.19. The Hall–Kier alpha value is -2.15. The molecule has 1 heterocycles. The van der Waals surface area contributed by atoms with Crippen LogP contribution in [-0.2, 0) is 20.9 Å². The first-order valence-electron chi connectivity index (χ1n) is 7.37. The highest BCUT2D eigenvalue weighted by molar-refractivity contribution is 7.16. The van der Waals surface area contributed by atoms with Gasteiger partial charge in [-0.15, -0.1) is 0 Å². The fourth-order valence-electron chi connectivity index (χ4n) is 1.97. The molecule has 0 fully saturated rings. The molecule has 0 aliphatic heterocycles. The molecule has 124 valence electrons. The fraction of sp³-hybridized carbons (Fsp3) is 0.438. The average molecular weight is 336 g/mol. The van der Waals surface area contributed by atoms with Gasteiger partial charge in [0.05, 0.1) is 23.9 Å². The molecule has 2 rings (SSSR count). The van der Waals surface area contributed by atoms with Gasteiger partial charge in [0.1, 0.15) is 12.3 Å². The van der Waals surface area contributed by atoms with Crippen molar-refractivity contribution in [3.8, 4) is 5.75 Å². The average Bonchev–Trinajstić information content (AvgIpc) is 2.84. The number of methoxy groups -OCH3 is 1. The summed E-state index contributed by atoms with van der Waals surface area (Å²) < 4.78 is 12.8. The van der Waals surface area contributed by atoms with Crippen molar-refractivity contribution < 1.29 is 19.1 Å². The zero-order chi connectivity index (χ0) is 17.0. The molecule has 0 N–H and O–H groups in total. The number of carbonyl (C=O) groups is 2. The van der Waals surface area contributed by atoms with Crippen molar-refractivity contribution >= 4 is 33.4 Å². The van der Waals surface area contributed by atoms with E-state index in [2.05, 4.69) is 4.99 Å². The number of benzene rings is 1. The summed E-state index contributed by atoms with van der Waals surface area (Å²) in [7, 11) is 1.33. The van der Waals surface area contributed by atoms with E-state index in [9.17, 15) is 9.59 Å². The molecule has 0 spiro atoms. The monoisotopic (exact) mass is 336 g/mol. The molecule has 0 unspecified atom stereocenters. The molecule has 1 aromatic heterocycles. The van der Waals surface area contributed by atoms with Crippen molar-refractivity contribution in [2.75, 3.05) is 13.7 Å². The summed E-state index contributed by atoms with van der Waals surface area (Å²) >= 11 is 1.35. The topological polar surface area (TPSA) is 69.9 Å². The molecule has 0 bridgehead atoms. The number of ether oxygens (including phenoxy) is 2. The number of nitrogens with zero attached hydrogens (tertiary/aromatic N) is 2. The molecular weight excluding hydrogens is 316 g/mol. The second kappa shape index (κ2) is 7.41. The van der Waals surface area contributed by atoms with Crippen LogP contribution in [0.4, 0.5) is 0 Å². The molecule has 23 heavy (non-hydrogen) atoms. The fourth-order valence-corrected chi connectivity index (χ4v) is 3.03. The number of amides is 1. The van der Waals surface area contributed by atoms with E-state index in [1.807, 2.05) is 25.1 Å². The van der Waals surface area contributed by atoms with Crippen LogP contribution < -0.4 is 9.54 Å². The molecule has 0 aliphatic carbocycles. The Morgan fingerprint density at radius 1 is 1.35 bits per heavy atom. The summed E-state index contributed by atoms with van der Waals surface area (Å²) in [5.74, 6) is -0.0730. The molecule has 1 amide bonds. The molecule has 0 radical (unpaired) electrons. The lowest BCUT2D eigenvalue weighted by atomic mass is 10.2. The zero-order valence-electron chi connectivity index (χ0n) is 13.7. The van der Waals surface area contributed by atoms with Gasteiger partial charge in [-0.3, -0.25) is 9.59 Å². The lowest BCUT2D eigenvalue weighted by molar-refractivity contribution is -0.141. The Bertz CT molecular complexity index is 789. The Balaban J connectivity index is 2.60. The molecule has 7 heteroatoms. The van der Waals surface area contributed by atoms with Crippen molar-refractivity contribution in [1.29, 1.82) is 0 Å². The highest BCUT2D eigenvalue weighted by Crippen LogP contribution is 2.23. The Labute approximate surface area is 138 Å². The first kappa shape index (κ1) is 17.2. The minimum Gasteiger partial charge on any atom is -0.494 e. The number of fused-ring (bicyclic) bond motifs is 1. The molecule has 2 aromatic rings. The van der Waals surface area contributed by atoms with E-state index in [-0.39, 0.29) is 18.4 Å². The van der Waals surface area contributed by atoms with Crippen molar-refractivity contribution in [1.82, 2.24) is 4.57 Å². The number of carbonyl (C=O) groups excluding carboxylic acids is 2. The van der Waals surface area contributed by atoms with Crippen LogP contribution in [0.15, 0.2) is 23.2 Å². The van der Waals surface area contributed by atoms with E-state index in [0.717, 1.165) is 16.0 Å². The maximum Gasteiger partial charge on any atom is 0.325 e. The van der Waals surface area contributed by atoms with E-state index in [1.165, 1.54) is 18.4 Å². The van der Waals surface area contributed by atoms with Gasteiger partial charge in [-0.25, -0.2) is 0 Å². The standard InChI is InChI=1S/C16H20N2O4S/c1-5-22-11-6-7-12-13(8-11)23-16(17-15(20)10(2)3)18(12)9-14(19)21-4/h6-8,10H,5,9H2,1-4H3. The van der Waals surface area contributed by atoms with Crippen molar-refractivity contribution in [2.45, 2.75) is 27.3 Å². The predicted molar refractivity (Wildman–Crippen MR) is 88.4 cm³/mol. The van der Waals surface area contributed by atoms with Crippen LogP contribution in [-0.4, -0.2) is 30.2 Å². The number of esters is 1. The number of hydrogen-bond acceptors (Lipinski definition) is 5. The maximum absolute atomic E-state index is 12.0. The quantitative estimate of drug-likeness (QED) is 0.786. The van der Waals surface area contributed by atoms with Crippen LogP contribution in [0.3, 0.4) is 0 Å². The maximum atomic E-state index is 12.0. The zero-order valence-corrected chi connectivity index (χ0v) is 14.5. The van der Waals surface area contributed by atoms with Crippen LogP contribution in [0.2, 0.25) is 0 Å². The number of aromatic nitrogens is 1. The second-order valence-electron chi connectivity index (χ2n) is 5.21. The molecule has 0 saturated carbocycles. The van der Waals surface area contributed by atoms with Gasteiger partial charge in [0.25, 0.3) is 5.91 Å². The van der Waals surface area contributed by atoms with Gasteiger partial charge in [0.2, 0.25) is 0 Å². The van der Waals surface area contributed by atoms with E-state index >= 15 is 0 Å². The minimum absolute atomic E-state index is 0.00862. The highest BCUT2D eigenvalue weighted by Gasteiger charge is 2.13. The molecule has 0 atom stereocenters. The Morgan fingerprint density at radius 3 is 2.70 bits per heavy atom. The number of rotatable bonds is 5. The van der Waals surface area contributed by atoms with Crippen molar-refractivity contribution in [3.05, 3.63) is 23.0 Å². The molecular formula is C16H20N2O4S. The first-order chi connectivity index (χ1) is 11.0. The summed E-state index contributed by atoms with van der Waals surface area (Å²) in [5.41, 5.74) is 0.819. The largest absolute Gasteiger partial charge is 0.494 e. The number of thiazole rings is 1. The summed E-state index contributed by atoms with van der Waals surface area (Å²) in [6, 6.07) is 5.58. The van der Waals surface area contributed by atoms with Crippen molar-refractivity contribution in [3.63, 3.8) is 0 Å². The van der Waals surface area contributed by atoms with E-state index in [1.54, 1.807) is 18.4 Å². The summed E-state index contributed by atoms with van der Waals surface area (Å²) in [6.45, 7) is 6.07. The molecule has 1 aromatic carbocycles. The molecule has 0 saturated heterocycles. The van der Waals surface area contributed by atoms with Gasteiger partial charge in [-0.1, -0.05) is 25.2 Å². The van der Waals surface area contributed by atoms with Crippen LogP contribution in [0.5, 0.6) is 5.75 Å². The third-order valence-electron chi connectivity index (χ3n) is 3.18. The molecule has 0 aliphatic rings. The third-order valence-corrected chi connectivity index (χ3v) is 4.22. The van der Waals surface area contributed by atoms with E-state index < -0.39 is 5.97 Å². The van der Waals surface area contributed by atoms with Gasteiger partial charge in [-0.05, 0) is 25.1 Å². The number of hydrogen-bond donors (Lipinski definition) is 0. The summed E-state index contributed by atoms with van der Waals surface area (Å²) in [5, 5.41) is 0. The van der Waals surface area contributed by atoms with Gasteiger partial charge >= 0.3 is 5.97 Å². The summed E-state index contributed by atoms with van der Waals surface area (Å²) in [4.78, 5) is 28.3. The highest BCUT2D eigenvalue weighted by atomic mass is 32.1. The third kappa shape index (κ3) is 3.98. The lowest BCUT2D eigenvalue weighted by Crippen LogP contribution is -2.23. The molecule has 6 nitrogen and oxygen atoms in total. The minimum atomic E-state index is -0.392. The second-order valence-corrected chi connectivity index (χ2v) is 6.22. The van der Waals surface area contributed by atoms with Gasteiger partial charge < -0.3 is 14.0 Å².